The molecule has 1 aromatic rings. The second-order valence-electron chi connectivity index (χ2n) is 5.59. The maximum atomic E-state index is 11.1. The lowest BCUT2D eigenvalue weighted by atomic mass is 9.82. The van der Waals surface area contributed by atoms with E-state index in [9.17, 15) is 13.2 Å². The van der Waals surface area contributed by atoms with Crippen LogP contribution in [0.25, 0.3) is 0 Å². The molecule has 116 valence electrons. The molecule has 1 aliphatic rings. The molecule has 0 radical (unpaired) electrons. The molecule has 0 unspecified atom stereocenters. The fraction of sp³-hybridized carbons (Fsp3) is 0.533. The van der Waals surface area contributed by atoms with Crippen molar-refractivity contribution >= 4 is 28.3 Å². The van der Waals surface area contributed by atoms with Gasteiger partial charge in [0.15, 0.2) is 0 Å². The number of hydrogen-bond acceptors (Lipinski definition) is 3. The fourth-order valence-corrected chi connectivity index (χ4v) is 4.07. The monoisotopic (exact) mass is 330 g/mol. The molecule has 0 aromatic heterocycles. The SMILES string of the molecule is O=C(O)C[C@@H](c1ccc(C[SH](=O)=O)c(Cl)c1)C1CCCC1. The van der Waals surface area contributed by atoms with Crippen LogP contribution in [0.15, 0.2) is 18.2 Å². The van der Waals surface area contributed by atoms with E-state index in [2.05, 4.69) is 0 Å². The Balaban J connectivity index is 2.26. The molecule has 4 nitrogen and oxygen atoms in total. The average Bonchev–Trinajstić information content (AvgIpc) is 2.91. The number of thiol groups is 1. The maximum absolute atomic E-state index is 11.1. The predicted octanol–water partition coefficient (Wildman–Crippen LogP) is 3.20. The van der Waals surface area contributed by atoms with Gasteiger partial charge in [0.1, 0.15) is 10.7 Å². The number of carboxylic acids is 1. The standard InChI is InChI=1S/C15H19ClO4S/c16-14-7-11(5-6-12(14)9-21(19)20)13(8-15(17)18)10-3-1-2-4-10/h5-7,10,13,21H,1-4,8-9H2,(H,17,18)/t13-/m1/s1. The first kappa shape index (κ1) is 16.3. The highest BCUT2D eigenvalue weighted by molar-refractivity contribution is 7.71. The smallest absolute Gasteiger partial charge is 0.303 e. The Morgan fingerprint density at radius 3 is 2.52 bits per heavy atom. The summed E-state index contributed by atoms with van der Waals surface area (Å²) in [6.07, 6.45) is 4.47. The molecule has 2 rings (SSSR count). The van der Waals surface area contributed by atoms with Crippen LogP contribution in [0.3, 0.4) is 0 Å². The van der Waals surface area contributed by atoms with Crippen molar-refractivity contribution in [3.8, 4) is 0 Å². The minimum atomic E-state index is -2.52. The van der Waals surface area contributed by atoms with E-state index in [0.717, 1.165) is 31.2 Å². The van der Waals surface area contributed by atoms with Crippen molar-refractivity contribution in [2.75, 3.05) is 0 Å². The van der Waals surface area contributed by atoms with Gasteiger partial charge in [-0.05, 0) is 41.9 Å². The van der Waals surface area contributed by atoms with Crippen LogP contribution >= 0.6 is 11.6 Å². The van der Waals surface area contributed by atoms with Crippen molar-refractivity contribution in [3.63, 3.8) is 0 Å². The van der Waals surface area contributed by atoms with Crippen LogP contribution in [0, 0.1) is 5.92 Å². The molecular formula is C15H19ClO4S. The minimum Gasteiger partial charge on any atom is -0.481 e. The Labute approximate surface area is 131 Å². The normalized spacial score (nSPS) is 17.2. The molecular weight excluding hydrogens is 312 g/mol. The Bertz CT molecular complexity index is 583. The van der Waals surface area contributed by atoms with Crippen LogP contribution in [0.4, 0.5) is 0 Å². The largest absolute Gasteiger partial charge is 0.481 e. The van der Waals surface area contributed by atoms with Gasteiger partial charge in [-0.15, -0.1) is 0 Å². The lowest BCUT2D eigenvalue weighted by Gasteiger charge is -2.23. The van der Waals surface area contributed by atoms with Gasteiger partial charge < -0.3 is 5.11 Å². The summed E-state index contributed by atoms with van der Waals surface area (Å²) in [5.41, 5.74) is 1.47. The molecule has 0 bridgehead atoms. The van der Waals surface area contributed by atoms with Gasteiger partial charge in [0, 0.05) is 5.02 Å². The van der Waals surface area contributed by atoms with Crippen LogP contribution in [0.1, 0.15) is 49.1 Å². The molecule has 1 N–H and O–H groups in total. The summed E-state index contributed by atoms with van der Waals surface area (Å²) in [4.78, 5) is 11.1. The second-order valence-corrected chi connectivity index (χ2v) is 6.98. The average molecular weight is 331 g/mol. The van der Waals surface area contributed by atoms with E-state index in [1.54, 1.807) is 12.1 Å². The summed E-state index contributed by atoms with van der Waals surface area (Å²) in [6.45, 7) is 0. The summed E-state index contributed by atoms with van der Waals surface area (Å²) < 4.78 is 21.6. The minimum absolute atomic E-state index is 0.0439. The van der Waals surface area contributed by atoms with Crippen molar-refractivity contribution in [2.45, 2.75) is 43.8 Å². The van der Waals surface area contributed by atoms with Crippen LogP contribution in [0.5, 0.6) is 0 Å². The third kappa shape index (κ3) is 4.45. The highest BCUT2D eigenvalue weighted by Gasteiger charge is 2.28. The number of rotatable bonds is 6. The molecule has 1 fully saturated rings. The van der Waals surface area contributed by atoms with E-state index in [-0.39, 0.29) is 18.1 Å². The molecule has 0 aliphatic heterocycles. The lowest BCUT2D eigenvalue weighted by molar-refractivity contribution is -0.137. The van der Waals surface area contributed by atoms with Gasteiger partial charge in [-0.1, -0.05) is 36.6 Å². The van der Waals surface area contributed by atoms with Crippen molar-refractivity contribution in [1.82, 2.24) is 0 Å². The van der Waals surface area contributed by atoms with Gasteiger partial charge in [-0.25, -0.2) is 8.42 Å². The predicted molar refractivity (Wildman–Crippen MR) is 82.4 cm³/mol. The molecule has 1 aliphatic carbocycles. The first-order valence-corrected chi connectivity index (χ1v) is 8.83. The zero-order valence-electron chi connectivity index (χ0n) is 11.6. The Morgan fingerprint density at radius 1 is 1.33 bits per heavy atom. The van der Waals surface area contributed by atoms with Crippen LogP contribution in [-0.4, -0.2) is 19.5 Å². The third-order valence-corrected chi connectivity index (χ3v) is 5.12. The third-order valence-electron chi connectivity index (χ3n) is 4.17. The number of aliphatic carboxylic acids is 1. The summed E-state index contributed by atoms with van der Waals surface area (Å²) in [5, 5.41) is 9.54. The molecule has 0 amide bonds. The number of carboxylic acid groups (broad SMARTS) is 1. The van der Waals surface area contributed by atoms with Gasteiger partial charge in [-0.2, -0.15) is 0 Å². The maximum Gasteiger partial charge on any atom is 0.303 e. The quantitative estimate of drug-likeness (QED) is 0.786. The zero-order chi connectivity index (χ0) is 15.4. The molecule has 6 heteroatoms. The van der Waals surface area contributed by atoms with E-state index in [1.165, 1.54) is 0 Å². The number of hydrogen-bond donors (Lipinski definition) is 2. The fourth-order valence-electron chi connectivity index (χ4n) is 3.17. The van der Waals surface area contributed by atoms with Crippen molar-refractivity contribution in [2.24, 2.45) is 5.92 Å². The molecule has 21 heavy (non-hydrogen) atoms. The van der Waals surface area contributed by atoms with E-state index >= 15 is 0 Å². The summed E-state index contributed by atoms with van der Waals surface area (Å²) in [6, 6.07) is 5.26. The Kier molecular flexibility index (Phi) is 5.65. The molecule has 0 saturated heterocycles. The van der Waals surface area contributed by atoms with Gasteiger partial charge in [-0.3, -0.25) is 4.79 Å². The highest BCUT2D eigenvalue weighted by atomic mass is 35.5. The first-order chi connectivity index (χ1) is 9.97. The van der Waals surface area contributed by atoms with Crippen molar-refractivity contribution < 1.29 is 18.3 Å². The molecule has 1 saturated carbocycles. The van der Waals surface area contributed by atoms with Crippen molar-refractivity contribution in [3.05, 3.63) is 34.3 Å². The van der Waals surface area contributed by atoms with E-state index in [0.29, 0.717) is 16.5 Å². The highest BCUT2D eigenvalue weighted by Crippen LogP contribution is 2.40. The molecule has 0 heterocycles. The van der Waals surface area contributed by atoms with E-state index < -0.39 is 16.7 Å². The van der Waals surface area contributed by atoms with Crippen molar-refractivity contribution in [1.29, 1.82) is 0 Å². The lowest BCUT2D eigenvalue weighted by Crippen LogP contribution is -2.14. The molecule has 0 spiro atoms. The van der Waals surface area contributed by atoms with Crippen LogP contribution in [0.2, 0.25) is 5.02 Å². The second kappa shape index (κ2) is 7.27. The summed E-state index contributed by atoms with van der Waals surface area (Å²) in [7, 11) is -2.52. The molecule has 1 aromatic carbocycles. The van der Waals surface area contributed by atoms with E-state index in [4.69, 9.17) is 16.7 Å². The number of benzene rings is 1. The summed E-state index contributed by atoms with van der Waals surface area (Å²) >= 11 is 6.15. The number of halogens is 1. The van der Waals surface area contributed by atoms with Crippen LogP contribution in [-0.2, 0) is 21.3 Å². The first-order valence-electron chi connectivity index (χ1n) is 7.09. The topological polar surface area (TPSA) is 71.4 Å². The number of carbonyl (C=O) groups is 1. The summed E-state index contributed by atoms with van der Waals surface area (Å²) in [5.74, 6) is -0.562. The Morgan fingerprint density at radius 2 is 2.00 bits per heavy atom. The van der Waals surface area contributed by atoms with E-state index in [1.807, 2.05) is 6.07 Å². The van der Waals surface area contributed by atoms with Gasteiger partial charge >= 0.3 is 5.97 Å². The zero-order valence-corrected chi connectivity index (χ0v) is 13.3. The molecule has 1 atom stereocenters. The Hall–Kier alpha value is -1.07. The van der Waals surface area contributed by atoms with Gasteiger partial charge in [0.25, 0.3) is 0 Å². The van der Waals surface area contributed by atoms with Crippen LogP contribution < -0.4 is 0 Å². The van der Waals surface area contributed by atoms with Gasteiger partial charge in [0.2, 0.25) is 0 Å². The van der Waals surface area contributed by atoms with Gasteiger partial charge in [0.05, 0.1) is 12.2 Å².